The largest absolute Gasteiger partial charge is 0.465 e. The van der Waals surface area contributed by atoms with Crippen molar-refractivity contribution in [1.29, 1.82) is 0 Å². The van der Waals surface area contributed by atoms with E-state index in [0.717, 1.165) is 33.3 Å². The minimum atomic E-state index is -0.347. The summed E-state index contributed by atoms with van der Waals surface area (Å²) in [7, 11) is 1.39. The number of carbonyl (C=O) groups is 1. The lowest BCUT2D eigenvalue weighted by Crippen LogP contribution is -2.01. The Bertz CT molecular complexity index is 1070. The van der Waals surface area contributed by atoms with E-state index < -0.39 is 0 Å². The molecule has 0 unspecified atom stereocenters. The van der Waals surface area contributed by atoms with Crippen molar-refractivity contribution in [3.05, 3.63) is 90.5 Å². The minimum absolute atomic E-state index is 0.347. The van der Waals surface area contributed by atoms with Crippen LogP contribution in [0.3, 0.4) is 0 Å². The molecule has 0 saturated heterocycles. The molecule has 0 saturated carbocycles. The second-order valence-electron chi connectivity index (χ2n) is 6.02. The summed E-state index contributed by atoms with van der Waals surface area (Å²) in [5, 5.41) is 0.909. The van der Waals surface area contributed by atoms with Crippen molar-refractivity contribution < 1.29 is 9.53 Å². The molecule has 4 rings (SSSR count). The summed E-state index contributed by atoms with van der Waals surface area (Å²) in [5.74, 6) is -0.347. The average molecular weight is 339 g/mol. The SMILES string of the molecule is COC(=O)c1ccc2nc(-c3ccccc3)c(-c3ccccc3)cc2c1. The van der Waals surface area contributed by atoms with Crippen LogP contribution in [0.2, 0.25) is 0 Å². The molecule has 0 amide bonds. The highest BCUT2D eigenvalue weighted by Gasteiger charge is 2.13. The van der Waals surface area contributed by atoms with Crippen LogP contribution in [0.25, 0.3) is 33.3 Å². The van der Waals surface area contributed by atoms with E-state index >= 15 is 0 Å². The molecule has 3 heteroatoms. The van der Waals surface area contributed by atoms with Crippen LogP contribution in [0.4, 0.5) is 0 Å². The number of ether oxygens (including phenoxy) is 1. The van der Waals surface area contributed by atoms with Crippen molar-refractivity contribution in [2.75, 3.05) is 7.11 Å². The molecule has 126 valence electrons. The van der Waals surface area contributed by atoms with E-state index in [4.69, 9.17) is 9.72 Å². The molecule has 1 heterocycles. The third-order valence-electron chi connectivity index (χ3n) is 4.37. The Balaban J connectivity index is 1.98. The van der Waals surface area contributed by atoms with Crippen molar-refractivity contribution in [3.8, 4) is 22.4 Å². The van der Waals surface area contributed by atoms with Gasteiger partial charge in [0.2, 0.25) is 0 Å². The maximum absolute atomic E-state index is 11.9. The quantitative estimate of drug-likeness (QED) is 0.472. The van der Waals surface area contributed by atoms with E-state index in [2.05, 4.69) is 30.3 Å². The van der Waals surface area contributed by atoms with Crippen LogP contribution >= 0.6 is 0 Å². The molecule has 0 N–H and O–H groups in total. The van der Waals surface area contributed by atoms with Gasteiger partial charge in [0.1, 0.15) is 0 Å². The fourth-order valence-corrected chi connectivity index (χ4v) is 3.08. The molecule has 3 aromatic carbocycles. The number of hydrogen-bond acceptors (Lipinski definition) is 3. The number of methoxy groups -OCH3 is 1. The van der Waals surface area contributed by atoms with Crippen molar-refractivity contribution >= 4 is 16.9 Å². The maximum atomic E-state index is 11.9. The first-order valence-electron chi connectivity index (χ1n) is 8.40. The lowest BCUT2D eigenvalue weighted by atomic mass is 9.97. The van der Waals surface area contributed by atoms with Crippen molar-refractivity contribution in [2.45, 2.75) is 0 Å². The van der Waals surface area contributed by atoms with Crippen LogP contribution in [-0.4, -0.2) is 18.1 Å². The van der Waals surface area contributed by atoms with Gasteiger partial charge in [-0.2, -0.15) is 0 Å². The van der Waals surface area contributed by atoms with E-state index in [0.29, 0.717) is 5.56 Å². The zero-order valence-corrected chi connectivity index (χ0v) is 14.3. The van der Waals surface area contributed by atoms with Crippen LogP contribution in [0, 0.1) is 0 Å². The molecular formula is C23H17NO2. The van der Waals surface area contributed by atoms with Gasteiger partial charge in [0.25, 0.3) is 0 Å². The summed E-state index contributed by atoms with van der Waals surface area (Å²) in [6.07, 6.45) is 0. The predicted molar refractivity (Wildman–Crippen MR) is 104 cm³/mol. The fourth-order valence-electron chi connectivity index (χ4n) is 3.08. The first kappa shape index (κ1) is 16.0. The van der Waals surface area contributed by atoms with Gasteiger partial charge in [-0.3, -0.25) is 0 Å². The highest BCUT2D eigenvalue weighted by atomic mass is 16.5. The molecule has 0 bridgehead atoms. The Hall–Kier alpha value is -3.46. The zero-order valence-electron chi connectivity index (χ0n) is 14.3. The van der Waals surface area contributed by atoms with Gasteiger partial charge in [-0.1, -0.05) is 60.7 Å². The summed E-state index contributed by atoms with van der Waals surface area (Å²) in [6, 6.07) is 27.8. The van der Waals surface area contributed by atoms with Crippen LogP contribution < -0.4 is 0 Å². The van der Waals surface area contributed by atoms with Gasteiger partial charge in [-0.25, -0.2) is 9.78 Å². The highest BCUT2D eigenvalue weighted by molar-refractivity contribution is 5.97. The van der Waals surface area contributed by atoms with Gasteiger partial charge in [-0.15, -0.1) is 0 Å². The number of carbonyl (C=O) groups excluding carboxylic acids is 1. The standard InChI is InChI=1S/C23H17NO2/c1-26-23(25)18-12-13-21-19(14-18)15-20(16-8-4-2-5-9-16)22(24-21)17-10-6-3-7-11-17/h2-15H,1H3. The molecule has 0 radical (unpaired) electrons. The Morgan fingerprint density at radius 3 is 2.12 bits per heavy atom. The van der Waals surface area contributed by atoms with Crippen molar-refractivity contribution in [3.63, 3.8) is 0 Å². The lowest BCUT2D eigenvalue weighted by molar-refractivity contribution is 0.0601. The van der Waals surface area contributed by atoms with Crippen molar-refractivity contribution in [2.24, 2.45) is 0 Å². The summed E-state index contributed by atoms with van der Waals surface area (Å²) in [6.45, 7) is 0. The van der Waals surface area contributed by atoms with Gasteiger partial charge in [-0.05, 0) is 29.8 Å². The number of fused-ring (bicyclic) bond motifs is 1. The molecule has 4 aromatic rings. The zero-order chi connectivity index (χ0) is 17.9. The van der Waals surface area contributed by atoms with Gasteiger partial charge in [0.15, 0.2) is 0 Å². The van der Waals surface area contributed by atoms with Gasteiger partial charge in [0.05, 0.1) is 23.9 Å². The topological polar surface area (TPSA) is 39.2 Å². The maximum Gasteiger partial charge on any atom is 0.337 e. The van der Waals surface area contributed by atoms with Gasteiger partial charge < -0.3 is 4.74 Å². The molecule has 0 aliphatic heterocycles. The van der Waals surface area contributed by atoms with Crippen LogP contribution in [0.1, 0.15) is 10.4 Å². The van der Waals surface area contributed by atoms with Crippen LogP contribution in [-0.2, 0) is 4.74 Å². The molecule has 0 fully saturated rings. The van der Waals surface area contributed by atoms with E-state index in [1.54, 1.807) is 6.07 Å². The molecule has 0 spiro atoms. The number of aromatic nitrogens is 1. The first-order chi connectivity index (χ1) is 12.8. The molecule has 0 aliphatic rings. The lowest BCUT2D eigenvalue weighted by Gasteiger charge is -2.12. The number of rotatable bonds is 3. The summed E-state index contributed by atoms with van der Waals surface area (Å²) in [5.41, 5.74) is 5.47. The van der Waals surface area contributed by atoms with Crippen molar-refractivity contribution in [1.82, 2.24) is 4.98 Å². The Morgan fingerprint density at radius 2 is 1.46 bits per heavy atom. The minimum Gasteiger partial charge on any atom is -0.465 e. The molecule has 0 aliphatic carbocycles. The summed E-state index contributed by atoms with van der Waals surface area (Å²) in [4.78, 5) is 16.8. The summed E-state index contributed by atoms with van der Waals surface area (Å²) < 4.78 is 4.83. The third kappa shape index (κ3) is 2.95. The van der Waals surface area contributed by atoms with E-state index in [1.165, 1.54) is 7.11 Å². The van der Waals surface area contributed by atoms with Gasteiger partial charge in [0, 0.05) is 16.5 Å². The molecular weight excluding hydrogens is 322 g/mol. The second kappa shape index (κ2) is 6.81. The van der Waals surface area contributed by atoms with E-state index in [9.17, 15) is 4.79 Å². The van der Waals surface area contributed by atoms with Crippen LogP contribution in [0.15, 0.2) is 84.9 Å². The van der Waals surface area contributed by atoms with Gasteiger partial charge >= 0.3 is 5.97 Å². The number of pyridine rings is 1. The monoisotopic (exact) mass is 339 g/mol. The normalized spacial score (nSPS) is 10.7. The molecule has 1 aromatic heterocycles. The predicted octanol–water partition coefficient (Wildman–Crippen LogP) is 5.36. The Labute approximate surface area is 151 Å². The average Bonchev–Trinajstić information content (AvgIpc) is 2.73. The highest BCUT2D eigenvalue weighted by Crippen LogP contribution is 2.33. The number of hydrogen-bond donors (Lipinski definition) is 0. The van der Waals surface area contributed by atoms with E-state index in [1.807, 2.05) is 48.5 Å². The van der Waals surface area contributed by atoms with E-state index in [-0.39, 0.29) is 5.97 Å². The number of benzene rings is 3. The van der Waals surface area contributed by atoms with Crippen LogP contribution in [0.5, 0.6) is 0 Å². The second-order valence-corrected chi connectivity index (χ2v) is 6.02. The third-order valence-corrected chi connectivity index (χ3v) is 4.37. The number of nitrogens with zero attached hydrogens (tertiary/aromatic N) is 1. The molecule has 26 heavy (non-hydrogen) atoms. The Kier molecular flexibility index (Phi) is 4.20. The Morgan fingerprint density at radius 1 is 0.808 bits per heavy atom. The first-order valence-corrected chi connectivity index (χ1v) is 8.40. The number of esters is 1. The molecule has 3 nitrogen and oxygen atoms in total. The summed E-state index contributed by atoms with van der Waals surface area (Å²) >= 11 is 0. The fraction of sp³-hybridized carbons (Fsp3) is 0.0435. The molecule has 0 atom stereocenters. The smallest absolute Gasteiger partial charge is 0.337 e.